The minimum Gasteiger partial charge on any atom is -0.343 e. The van der Waals surface area contributed by atoms with Crippen molar-refractivity contribution in [1.82, 2.24) is 9.97 Å². The van der Waals surface area contributed by atoms with Crippen LogP contribution in [0, 0.1) is 0 Å². The van der Waals surface area contributed by atoms with Gasteiger partial charge in [-0.15, -0.1) is 0 Å². The zero-order chi connectivity index (χ0) is 13.9. The molecule has 0 unspecified atom stereocenters. The summed E-state index contributed by atoms with van der Waals surface area (Å²) in [7, 11) is 1.96. The van der Waals surface area contributed by atoms with Crippen molar-refractivity contribution >= 4 is 5.95 Å². The molecule has 1 aromatic carbocycles. The van der Waals surface area contributed by atoms with Crippen LogP contribution in [0.4, 0.5) is 5.95 Å². The highest BCUT2D eigenvalue weighted by molar-refractivity contribution is 5.64. The van der Waals surface area contributed by atoms with Crippen LogP contribution in [0.5, 0.6) is 0 Å². The predicted molar refractivity (Wildman–Crippen MR) is 81.8 cm³/mol. The van der Waals surface area contributed by atoms with E-state index < -0.39 is 0 Å². The number of aromatic nitrogens is 2. The van der Waals surface area contributed by atoms with Crippen LogP contribution in [0.25, 0.3) is 11.1 Å². The number of hydrogen-bond donors (Lipinski definition) is 1. The Hall–Kier alpha value is -1.94. The van der Waals surface area contributed by atoms with E-state index >= 15 is 0 Å². The Kier molecular flexibility index (Phi) is 3.65. The van der Waals surface area contributed by atoms with Crippen molar-refractivity contribution in [2.45, 2.75) is 19.3 Å². The van der Waals surface area contributed by atoms with E-state index in [0.29, 0.717) is 6.54 Å². The molecule has 0 amide bonds. The quantitative estimate of drug-likeness (QED) is 0.922. The first-order valence-corrected chi connectivity index (χ1v) is 7.13. The molecule has 0 saturated carbocycles. The summed E-state index contributed by atoms with van der Waals surface area (Å²) in [6.45, 7) is 1.37. The highest BCUT2D eigenvalue weighted by Gasteiger charge is 2.12. The first kappa shape index (κ1) is 13.1. The smallest absolute Gasteiger partial charge is 0.225 e. The van der Waals surface area contributed by atoms with E-state index in [2.05, 4.69) is 28.2 Å². The summed E-state index contributed by atoms with van der Waals surface area (Å²) < 4.78 is 0. The molecule has 3 rings (SSSR count). The second kappa shape index (κ2) is 5.59. The lowest BCUT2D eigenvalue weighted by Crippen LogP contribution is -2.26. The van der Waals surface area contributed by atoms with E-state index in [-0.39, 0.29) is 0 Å². The fourth-order valence-corrected chi connectivity index (χ4v) is 2.71. The van der Waals surface area contributed by atoms with Crippen LogP contribution in [0.3, 0.4) is 0 Å². The van der Waals surface area contributed by atoms with Crippen molar-refractivity contribution in [2.24, 2.45) is 5.73 Å². The molecule has 1 aromatic heterocycles. The molecule has 0 bridgehead atoms. The van der Waals surface area contributed by atoms with E-state index in [1.807, 2.05) is 24.3 Å². The largest absolute Gasteiger partial charge is 0.343 e. The van der Waals surface area contributed by atoms with Gasteiger partial charge < -0.3 is 10.6 Å². The molecule has 0 spiro atoms. The van der Waals surface area contributed by atoms with Gasteiger partial charge in [-0.05, 0) is 36.0 Å². The molecule has 0 radical (unpaired) electrons. The fraction of sp³-hybridized carbons (Fsp3) is 0.375. The second-order valence-corrected chi connectivity index (χ2v) is 5.32. The average Bonchev–Trinajstić information content (AvgIpc) is 2.95. The third kappa shape index (κ3) is 2.51. The van der Waals surface area contributed by atoms with E-state index in [1.54, 1.807) is 0 Å². The highest BCUT2D eigenvalue weighted by Crippen LogP contribution is 2.27. The zero-order valence-electron chi connectivity index (χ0n) is 11.8. The molecular weight excluding hydrogens is 248 g/mol. The van der Waals surface area contributed by atoms with Crippen LogP contribution in [-0.2, 0) is 12.8 Å². The van der Waals surface area contributed by atoms with Crippen LogP contribution in [-0.4, -0.2) is 30.1 Å². The first-order chi connectivity index (χ1) is 9.78. The van der Waals surface area contributed by atoms with Crippen molar-refractivity contribution in [2.75, 3.05) is 25.0 Å². The number of anilines is 1. The molecule has 1 aliphatic rings. The minimum absolute atomic E-state index is 0.604. The van der Waals surface area contributed by atoms with E-state index in [0.717, 1.165) is 18.1 Å². The monoisotopic (exact) mass is 268 g/mol. The van der Waals surface area contributed by atoms with Crippen molar-refractivity contribution in [3.63, 3.8) is 0 Å². The molecule has 1 heterocycles. The zero-order valence-corrected chi connectivity index (χ0v) is 11.8. The second-order valence-electron chi connectivity index (χ2n) is 5.32. The predicted octanol–water partition coefficient (Wildman–Crippen LogP) is 2.03. The molecule has 0 saturated heterocycles. The van der Waals surface area contributed by atoms with Crippen LogP contribution in [0.1, 0.15) is 17.5 Å². The maximum atomic E-state index is 5.54. The van der Waals surface area contributed by atoms with Gasteiger partial charge in [-0.2, -0.15) is 0 Å². The minimum atomic E-state index is 0.604. The van der Waals surface area contributed by atoms with Crippen molar-refractivity contribution in [1.29, 1.82) is 0 Å². The Morgan fingerprint density at radius 2 is 1.85 bits per heavy atom. The Labute approximate surface area is 119 Å². The molecule has 1 aliphatic carbocycles. The first-order valence-electron chi connectivity index (χ1n) is 7.13. The van der Waals surface area contributed by atoms with Crippen LogP contribution >= 0.6 is 0 Å². The van der Waals surface area contributed by atoms with Gasteiger partial charge in [0.05, 0.1) is 0 Å². The van der Waals surface area contributed by atoms with Gasteiger partial charge in [-0.25, -0.2) is 9.97 Å². The molecule has 2 N–H and O–H groups in total. The lowest BCUT2D eigenvalue weighted by molar-refractivity contribution is 0.846. The Balaban J connectivity index is 1.84. The van der Waals surface area contributed by atoms with Gasteiger partial charge in [0.1, 0.15) is 0 Å². The molecule has 104 valence electrons. The number of nitrogens with two attached hydrogens (primary N) is 1. The number of benzene rings is 1. The summed E-state index contributed by atoms with van der Waals surface area (Å²) >= 11 is 0. The number of nitrogens with zero attached hydrogens (tertiary/aromatic N) is 3. The van der Waals surface area contributed by atoms with Gasteiger partial charge in [0.2, 0.25) is 5.95 Å². The molecule has 0 atom stereocenters. The number of fused-ring (bicyclic) bond motifs is 1. The lowest BCUT2D eigenvalue weighted by Gasteiger charge is -2.15. The Morgan fingerprint density at radius 3 is 2.60 bits per heavy atom. The Bertz CT molecular complexity index is 592. The maximum Gasteiger partial charge on any atom is 0.225 e. The Morgan fingerprint density at radius 1 is 1.10 bits per heavy atom. The number of rotatable bonds is 4. The van der Waals surface area contributed by atoms with E-state index in [4.69, 9.17) is 5.73 Å². The average molecular weight is 268 g/mol. The molecule has 0 fully saturated rings. The molecule has 2 aromatic rings. The maximum absolute atomic E-state index is 5.54. The van der Waals surface area contributed by atoms with Gasteiger partial charge in [-0.1, -0.05) is 18.2 Å². The van der Waals surface area contributed by atoms with Crippen LogP contribution in [0.2, 0.25) is 0 Å². The molecule has 4 heteroatoms. The summed E-state index contributed by atoms with van der Waals surface area (Å²) in [5.41, 5.74) is 10.8. The van der Waals surface area contributed by atoms with Gasteiger partial charge in [0.25, 0.3) is 0 Å². The third-order valence-corrected chi connectivity index (χ3v) is 3.88. The van der Waals surface area contributed by atoms with Crippen LogP contribution < -0.4 is 10.6 Å². The number of likely N-dealkylation sites (N-methyl/N-ethyl adjacent to an activating group) is 1. The number of aryl methyl sites for hydroxylation is 2. The summed E-state index contributed by atoms with van der Waals surface area (Å²) in [6.07, 6.45) is 7.48. The van der Waals surface area contributed by atoms with E-state index in [1.165, 1.54) is 36.0 Å². The highest BCUT2D eigenvalue weighted by atomic mass is 15.2. The molecule has 0 aliphatic heterocycles. The third-order valence-electron chi connectivity index (χ3n) is 3.88. The van der Waals surface area contributed by atoms with Gasteiger partial charge >= 0.3 is 0 Å². The van der Waals surface area contributed by atoms with E-state index in [9.17, 15) is 0 Å². The molecule has 4 nitrogen and oxygen atoms in total. The van der Waals surface area contributed by atoms with Crippen molar-refractivity contribution < 1.29 is 0 Å². The SMILES string of the molecule is CN(CCN)c1ncc(-c2ccc3c(c2)CCC3)cn1. The molecule has 20 heavy (non-hydrogen) atoms. The van der Waals surface area contributed by atoms with Crippen molar-refractivity contribution in [3.8, 4) is 11.1 Å². The normalized spacial score (nSPS) is 13.3. The number of hydrogen-bond acceptors (Lipinski definition) is 4. The molecular formula is C16H20N4. The summed E-state index contributed by atoms with van der Waals surface area (Å²) in [4.78, 5) is 10.8. The summed E-state index contributed by atoms with van der Waals surface area (Å²) in [6, 6.07) is 6.70. The van der Waals surface area contributed by atoms with Gasteiger partial charge in [0.15, 0.2) is 0 Å². The topological polar surface area (TPSA) is 55.0 Å². The summed E-state index contributed by atoms with van der Waals surface area (Å²) in [5.74, 6) is 0.723. The van der Waals surface area contributed by atoms with Gasteiger partial charge in [-0.3, -0.25) is 0 Å². The van der Waals surface area contributed by atoms with Crippen LogP contribution in [0.15, 0.2) is 30.6 Å². The standard InChI is InChI=1S/C16H20N4/c1-20(8-7-17)16-18-10-15(11-19-16)14-6-5-12-3-2-4-13(12)9-14/h5-6,9-11H,2-4,7-8,17H2,1H3. The lowest BCUT2D eigenvalue weighted by atomic mass is 10.0. The fourth-order valence-electron chi connectivity index (χ4n) is 2.71. The van der Waals surface area contributed by atoms with Gasteiger partial charge in [0, 0.05) is 38.1 Å². The summed E-state index contributed by atoms with van der Waals surface area (Å²) in [5, 5.41) is 0. The van der Waals surface area contributed by atoms with Crippen molar-refractivity contribution in [3.05, 3.63) is 41.7 Å².